The molecule has 0 aromatic rings. The van der Waals surface area contributed by atoms with Crippen LogP contribution >= 0.6 is 0 Å². The number of hydrogen-bond acceptors (Lipinski definition) is 18. The van der Waals surface area contributed by atoms with Crippen LogP contribution in [0.15, 0.2) is 0 Å². The van der Waals surface area contributed by atoms with Gasteiger partial charge in [0.2, 0.25) is 0 Å². The molecule has 1 unspecified atom stereocenters. The molecule has 18 nitrogen and oxygen atoms in total. The second-order valence-electron chi connectivity index (χ2n) is 29.0. The number of nitrogens with one attached hydrogen (secondary N) is 7. The molecule has 0 spiro atoms. The van der Waals surface area contributed by atoms with Crippen LogP contribution in [0.5, 0.6) is 0 Å². The highest BCUT2D eigenvalue weighted by Gasteiger charge is 2.38. The van der Waals surface area contributed by atoms with Crippen LogP contribution in [0.4, 0.5) is 0 Å². The summed E-state index contributed by atoms with van der Waals surface area (Å²) in [4.78, 5) is 16.9. The lowest BCUT2D eigenvalue weighted by atomic mass is 10.0. The number of likely N-dealkylation sites (N-methyl/N-ethyl adjacent to an activating group) is 2. The minimum absolute atomic E-state index is 0.204. The van der Waals surface area contributed by atoms with E-state index in [4.69, 9.17) is 5.73 Å². The van der Waals surface area contributed by atoms with Crippen molar-refractivity contribution in [3.63, 3.8) is 0 Å². The Morgan fingerprint density at radius 2 is 0.622 bits per heavy atom. The summed E-state index contributed by atoms with van der Waals surface area (Å²) in [5.74, 6) is 0.403. The smallest absolute Gasteiger partial charge is 0.0832 e. The van der Waals surface area contributed by atoms with Crippen molar-refractivity contribution in [3.8, 4) is 0 Å². The van der Waals surface area contributed by atoms with Crippen molar-refractivity contribution in [3.05, 3.63) is 0 Å². The minimum atomic E-state index is -0.204. The standard InChI is InChI=1S/C12H27N3.C11H25N3.C11H24N2O.C10H23N3.2C10H22N2O/c1-9(2)13-11-7-15(10(3)4)8-12(11)14(5)6;1-8(2)13-11-7-14(9(3)4)6-10(11)12-5;1-8(2)12-11-6-13(9(3)4)5-10(11)7-14;1-7(2)12-10-6-13(8(3)4)5-9(10)11;2*1-7(2)11-9-5-12(8(3)4)6-10(9)13/h9-13H,7-8H2,1-6H3;8-13H,6-7H2,1-5H3;8-12,14H,5-7H2,1-4H3;7-10,12H,5-6,11H2,1-4H3;2*7-11,13H,5-6H2,1-4H3/t11-,12?;10-,11-;10-,11+;3*9-,10-/m001000/s1. The maximum absolute atomic E-state index is 9.75. The summed E-state index contributed by atoms with van der Waals surface area (Å²) in [5, 5.41) is 53.3. The van der Waals surface area contributed by atoms with Crippen molar-refractivity contribution in [1.82, 2.24) is 71.5 Å². The zero-order valence-electron chi connectivity index (χ0n) is 58.6. The van der Waals surface area contributed by atoms with Gasteiger partial charge in [0.1, 0.15) is 0 Å². The average Bonchev–Trinajstić information content (AvgIpc) is 4.22. The number of nitrogens with zero attached hydrogens (tertiary/aromatic N) is 7. The van der Waals surface area contributed by atoms with Crippen LogP contribution in [0.3, 0.4) is 0 Å². The number of nitrogens with two attached hydrogens (primary N) is 1. The fraction of sp³-hybridized carbons (Fsp3) is 1.00. The first kappa shape index (κ1) is 79.3. The molecule has 12 atom stereocenters. The van der Waals surface area contributed by atoms with Crippen LogP contribution < -0.4 is 43.0 Å². The first-order chi connectivity index (χ1) is 38.0. The van der Waals surface area contributed by atoms with Gasteiger partial charge in [-0.2, -0.15) is 0 Å². The Bertz CT molecular complexity index is 1470. The van der Waals surface area contributed by atoms with E-state index < -0.39 is 0 Å². The number of β-amino-alcohol motifs (C(OH)–C–C–N with tert-alkyl or cyclic N) is 2. The van der Waals surface area contributed by atoms with Gasteiger partial charge in [-0.05, 0) is 104 Å². The summed E-state index contributed by atoms with van der Waals surface area (Å²) < 4.78 is 0. The molecule has 12 N–H and O–H groups in total. The molecule has 6 aliphatic heterocycles. The molecule has 492 valence electrons. The first-order valence-electron chi connectivity index (χ1n) is 33.1. The normalized spacial score (nSPS) is 29.9. The highest BCUT2D eigenvalue weighted by atomic mass is 16.3. The van der Waals surface area contributed by atoms with E-state index >= 15 is 0 Å². The summed E-state index contributed by atoms with van der Waals surface area (Å²) >= 11 is 0. The fourth-order valence-electron chi connectivity index (χ4n) is 12.2. The molecule has 6 heterocycles. The Balaban J connectivity index is 0.000000492. The van der Waals surface area contributed by atoms with Crippen LogP contribution in [0.25, 0.3) is 0 Å². The molecule has 82 heavy (non-hydrogen) atoms. The van der Waals surface area contributed by atoms with Gasteiger partial charge in [0, 0.05) is 218 Å². The second-order valence-corrected chi connectivity index (χ2v) is 29.0. The van der Waals surface area contributed by atoms with Crippen molar-refractivity contribution < 1.29 is 15.3 Å². The predicted molar refractivity (Wildman–Crippen MR) is 353 cm³/mol. The van der Waals surface area contributed by atoms with Crippen molar-refractivity contribution >= 4 is 0 Å². The Morgan fingerprint density at radius 1 is 0.354 bits per heavy atom. The molecule has 0 radical (unpaired) electrons. The topological polar surface area (TPSA) is 194 Å². The molecule has 6 rings (SSSR count). The molecule has 6 aliphatic rings. The van der Waals surface area contributed by atoms with E-state index in [-0.39, 0.29) is 24.3 Å². The summed E-state index contributed by atoms with van der Waals surface area (Å²) in [6, 6.07) is 10.9. The van der Waals surface area contributed by atoms with Gasteiger partial charge in [-0.3, -0.25) is 29.4 Å². The third kappa shape index (κ3) is 30.0. The van der Waals surface area contributed by atoms with Gasteiger partial charge in [0.25, 0.3) is 0 Å². The highest BCUT2D eigenvalue weighted by Crippen LogP contribution is 2.21. The van der Waals surface area contributed by atoms with E-state index in [1.165, 1.54) is 26.2 Å². The average molecular weight is 1170 g/mol. The lowest BCUT2D eigenvalue weighted by Crippen LogP contribution is -2.48. The van der Waals surface area contributed by atoms with Crippen molar-refractivity contribution in [1.29, 1.82) is 0 Å². The van der Waals surface area contributed by atoms with Gasteiger partial charge >= 0.3 is 0 Å². The Kier molecular flexibility index (Phi) is 38.7. The van der Waals surface area contributed by atoms with Crippen molar-refractivity contribution in [2.24, 2.45) is 11.7 Å². The number of likely N-dealkylation sites (tertiary alicyclic amines) is 6. The van der Waals surface area contributed by atoms with Crippen molar-refractivity contribution in [2.75, 3.05) is 106 Å². The van der Waals surface area contributed by atoms with E-state index in [0.717, 1.165) is 52.4 Å². The quantitative estimate of drug-likeness (QED) is 0.0798. The molecule has 0 amide bonds. The predicted octanol–water partition coefficient (Wildman–Crippen LogP) is 3.64. The van der Waals surface area contributed by atoms with Gasteiger partial charge in [0.05, 0.1) is 12.2 Å². The SMILES string of the molecule is CC(C)N[C@H]1CN(C(C)C)CC1N(C)C.CC(C)N[C@H]1CN(C(C)C)C[C@@H]1CO.CC(C)N[C@H]1CN(C(C)C)C[C@@H]1N.CC(C)N[C@H]1CN(C(C)C)C[C@@H]1O.CC(C)N[C@H]1CN(C(C)C)C[C@@H]1O.CN[C@H]1CN(C(C)C)C[C@@H]1NC(C)C. The number of rotatable bonds is 21. The lowest BCUT2D eigenvalue weighted by molar-refractivity contribution is 0.146. The van der Waals surface area contributed by atoms with E-state index in [9.17, 15) is 15.3 Å². The zero-order chi connectivity index (χ0) is 63.0. The van der Waals surface area contributed by atoms with Crippen molar-refractivity contribution in [2.45, 2.75) is 305 Å². The molecule has 6 saturated heterocycles. The Hall–Kier alpha value is -0.720. The molecular formula is C64H143N15O3. The summed E-state index contributed by atoms with van der Waals surface area (Å²) in [5.41, 5.74) is 6.05. The number of aliphatic hydroxyl groups excluding tert-OH is 3. The van der Waals surface area contributed by atoms with Crippen LogP contribution in [0.2, 0.25) is 0 Å². The maximum atomic E-state index is 9.75. The van der Waals surface area contributed by atoms with E-state index in [0.29, 0.717) is 127 Å². The van der Waals surface area contributed by atoms with Gasteiger partial charge in [-0.15, -0.1) is 0 Å². The highest BCUT2D eigenvalue weighted by molar-refractivity contribution is 4.98. The van der Waals surface area contributed by atoms with E-state index in [2.05, 4.69) is 259 Å². The van der Waals surface area contributed by atoms with Gasteiger partial charge in [-0.1, -0.05) is 83.1 Å². The Labute approximate surface area is 508 Å². The van der Waals surface area contributed by atoms with Crippen LogP contribution in [-0.2, 0) is 0 Å². The van der Waals surface area contributed by atoms with Crippen LogP contribution in [0, 0.1) is 5.92 Å². The molecule has 0 aliphatic carbocycles. The zero-order valence-corrected chi connectivity index (χ0v) is 58.6. The van der Waals surface area contributed by atoms with Crippen LogP contribution in [-0.4, -0.2) is 295 Å². The minimum Gasteiger partial charge on any atom is -0.396 e. The van der Waals surface area contributed by atoms with E-state index in [1.54, 1.807) is 0 Å². The van der Waals surface area contributed by atoms with Crippen LogP contribution in [0.1, 0.15) is 166 Å². The number of aliphatic hydroxyl groups is 3. The summed E-state index contributed by atoms with van der Waals surface area (Å²) in [6.07, 6.45) is -0.408. The van der Waals surface area contributed by atoms with Gasteiger partial charge in [-0.25, -0.2) is 0 Å². The molecule has 18 heteroatoms. The first-order valence-corrected chi connectivity index (χ1v) is 33.1. The molecule has 0 aromatic carbocycles. The molecule has 0 aromatic heterocycles. The van der Waals surface area contributed by atoms with Gasteiger partial charge in [0.15, 0.2) is 0 Å². The molecule has 0 bridgehead atoms. The largest absolute Gasteiger partial charge is 0.396 e. The second kappa shape index (κ2) is 40.0. The third-order valence-corrected chi connectivity index (χ3v) is 17.1. The Morgan fingerprint density at radius 3 is 0.963 bits per heavy atom. The lowest BCUT2D eigenvalue weighted by Gasteiger charge is -2.27. The fourth-order valence-corrected chi connectivity index (χ4v) is 12.2. The summed E-state index contributed by atoms with van der Waals surface area (Å²) in [7, 11) is 6.43. The third-order valence-electron chi connectivity index (χ3n) is 17.1. The maximum Gasteiger partial charge on any atom is 0.0832 e. The molecular weight excluding hydrogens is 1030 g/mol. The van der Waals surface area contributed by atoms with E-state index in [1.807, 2.05) is 0 Å². The molecule has 6 fully saturated rings. The number of hydrogen-bond donors (Lipinski definition) is 11. The monoisotopic (exact) mass is 1170 g/mol. The molecule has 0 saturated carbocycles. The summed E-state index contributed by atoms with van der Waals surface area (Å²) in [6.45, 7) is 65.4. The van der Waals surface area contributed by atoms with Gasteiger partial charge < -0.3 is 63.2 Å².